The van der Waals surface area contributed by atoms with Crippen LogP contribution < -0.4 is 5.32 Å². The van der Waals surface area contributed by atoms with Gasteiger partial charge in [-0.3, -0.25) is 9.69 Å². The average molecular weight is 410 g/mol. The van der Waals surface area contributed by atoms with Gasteiger partial charge in [0.25, 0.3) is 5.91 Å². The van der Waals surface area contributed by atoms with Gasteiger partial charge in [0.05, 0.1) is 12.3 Å². The highest BCUT2D eigenvalue weighted by Gasteiger charge is 2.29. The maximum Gasteiger partial charge on any atom is 0.291 e. The van der Waals surface area contributed by atoms with E-state index < -0.39 is 0 Å². The molecule has 0 aliphatic carbocycles. The van der Waals surface area contributed by atoms with Gasteiger partial charge in [-0.05, 0) is 37.2 Å². The van der Waals surface area contributed by atoms with Gasteiger partial charge in [0.15, 0.2) is 5.76 Å². The van der Waals surface area contributed by atoms with Crippen molar-refractivity contribution in [1.29, 1.82) is 0 Å². The molecular formula is C23H27N3O2S. The summed E-state index contributed by atoms with van der Waals surface area (Å²) in [5.41, 5.74) is 2.42. The Bertz CT molecular complexity index is 928. The van der Waals surface area contributed by atoms with E-state index in [0.29, 0.717) is 5.76 Å². The number of furan rings is 1. The molecular weight excluding hydrogens is 382 g/mol. The molecule has 0 spiro atoms. The summed E-state index contributed by atoms with van der Waals surface area (Å²) in [4.78, 5) is 18.8. The Morgan fingerprint density at radius 3 is 2.55 bits per heavy atom. The van der Waals surface area contributed by atoms with E-state index in [0.717, 1.165) is 37.6 Å². The molecule has 152 valence electrons. The third kappa shape index (κ3) is 4.45. The molecule has 6 heteroatoms. The molecule has 29 heavy (non-hydrogen) atoms. The molecule has 1 aliphatic heterocycles. The van der Waals surface area contributed by atoms with Gasteiger partial charge in [0, 0.05) is 36.6 Å². The Kier molecular flexibility index (Phi) is 6.13. The van der Waals surface area contributed by atoms with E-state index in [1.54, 1.807) is 23.5 Å². The summed E-state index contributed by atoms with van der Waals surface area (Å²) >= 11 is 1.66. The van der Waals surface area contributed by atoms with Crippen molar-refractivity contribution in [3.05, 3.63) is 76.6 Å². The number of amides is 1. The largest absolute Gasteiger partial charge is 0.459 e. The third-order valence-corrected chi connectivity index (χ3v) is 6.66. The van der Waals surface area contributed by atoms with E-state index in [-0.39, 0.29) is 11.9 Å². The molecule has 1 atom stereocenters. The van der Waals surface area contributed by atoms with Crippen molar-refractivity contribution in [2.75, 3.05) is 38.5 Å². The zero-order chi connectivity index (χ0) is 20.2. The van der Waals surface area contributed by atoms with E-state index in [9.17, 15) is 4.79 Å². The fourth-order valence-corrected chi connectivity index (χ4v) is 4.83. The molecule has 3 aromatic rings. The molecule has 1 saturated heterocycles. The summed E-state index contributed by atoms with van der Waals surface area (Å²) in [6, 6.07) is 16.4. The second-order valence-electron chi connectivity index (χ2n) is 7.43. The number of carbonyl (C=O) groups is 1. The number of likely N-dealkylation sites (N-methyl/N-ethyl adjacent to an activating group) is 1. The molecule has 1 fully saturated rings. The average Bonchev–Trinajstić information content (AvgIpc) is 3.41. The van der Waals surface area contributed by atoms with Crippen LogP contribution in [0.1, 0.15) is 39.5 Å². The minimum Gasteiger partial charge on any atom is -0.459 e. The van der Waals surface area contributed by atoms with Gasteiger partial charge in [0.1, 0.15) is 5.00 Å². The van der Waals surface area contributed by atoms with Crippen molar-refractivity contribution < 1.29 is 9.21 Å². The van der Waals surface area contributed by atoms with E-state index in [1.807, 2.05) is 0 Å². The molecule has 0 radical (unpaired) electrons. The number of nitrogens with one attached hydrogen (secondary N) is 1. The van der Waals surface area contributed by atoms with Crippen molar-refractivity contribution >= 4 is 22.2 Å². The van der Waals surface area contributed by atoms with Crippen LogP contribution in [0.15, 0.2) is 59.2 Å². The topological polar surface area (TPSA) is 48.7 Å². The van der Waals surface area contributed by atoms with Crippen molar-refractivity contribution in [2.24, 2.45) is 0 Å². The molecule has 2 aromatic heterocycles. The number of nitrogens with zero attached hydrogens (tertiary/aromatic N) is 2. The zero-order valence-electron chi connectivity index (χ0n) is 16.9. The van der Waals surface area contributed by atoms with E-state index in [4.69, 9.17) is 4.42 Å². The second kappa shape index (κ2) is 8.95. The number of hydrogen-bond donors (Lipinski definition) is 1. The highest BCUT2D eigenvalue weighted by Crippen LogP contribution is 2.39. The summed E-state index contributed by atoms with van der Waals surface area (Å²) in [5, 5.41) is 4.03. The van der Waals surface area contributed by atoms with Gasteiger partial charge in [-0.15, -0.1) is 11.3 Å². The quantitative estimate of drug-likeness (QED) is 0.652. The first-order valence-corrected chi connectivity index (χ1v) is 10.9. The number of rotatable bonds is 6. The first-order valence-electron chi connectivity index (χ1n) is 10.1. The lowest BCUT2D eigenvalue weighted by Crippen LogP contribution is -2.46. The van der Waals surface area contributed by atoms with Gasteiger partial charge in [-0.1, -0.05) is 37.3 Å². The van der Waals surface area contributed by atoms with Gasteiger partial charge >= 0.3 is 0 Å². The van der Waals surface area contributed by atoms with E-state index in [2.05, 4.69) is 65.5 Å². The normalized spacial score (nSPS) is 16.6. The van der Waals surface area contributed by atoms with Crippen molar-refractivity contribution in [2.45, 2.75) is 19.4 Å². The van der Waals surface area contributed by atoms with E-state index in [1.165, 1.54) is 22.3 Å². The number of aryl methyl sites for hydroxylation is 1. The first-order chi connectivity index (χ1) is 14.2. The van der Waals surface area contributed by atoms with E-state index >= 15 is 0 Å². The Labute approximate surface area is 175 Å². The number of hydrogen-bond acceptors (Lipinski definition) is 5. The minimum absolute atomic E-state index is 0.119. The lowest BCUT2D eigenvalue weighted by molar-refractivity contribution is 0.0996. The molecule has 3 heterocycles. The third-order valence-electron chi connectivity index (χ3n) is 5.45. The van der Waals surface area contributed by atoms with Crippen LogP contribution in [-0.4, -0.2) is 48.9 Å². The molecule has 5 nitrogen and oxygen atoms in total. The van der Waals surface area contributed by atoms with Crippen LogP contribution in [0, 0.1) is 0 Å². The summed E-state index contributed by atoms with van der Waals surface area (Å²) in [6.45, 7) is 6.24. The maximum atomic E-state index is 12.7. The molecule has 1 N–H and O–H groups in total. The lowest BCUT2D eigenvalue weighted by atomic mass is 9.97. The predicted molar refractivity (Wildman–Crippen MR) is 118 cm³/mol. The Morgan fingerprint density at radius 1 is 1.14 bits per heavy atom. The Morgan fingerprint density at radius 2 is 1.90 bits per heavy atom. The van der Waals surface area contributed by atoms with Gasteiger partial charge < -0.3 is 14.6 Å². The van der Waals surface area contributed by atoms with Crippen LogP contribution in [0.25, 0.3) is 0 Å². The summed E-state index contributed by atoms with van der Waals surface area (Å²) < 4.78 is 5.29. The number of anilines is 1. The summed E-state index contributed by atoms with van der Waals surface area (Å²) in [6.07, 6.45) is 2.47. The first kappa shape index (κ1) is 19.9. The second-order valence-corrected chi connectivity index (χ2v) is 8.57. The predicted octanol–water partition coefficient (Wildman–Crippen LogP) is 4.49. The Hall–Kier alpha value is -2.41. The zero-order valence-corrected chi connectivity index (χ0v) is 17.7. The molecule has 1 aliphatic rings. The van der Waals surface area contributed by atoms with Gasteiger partial charge in [-0.25, -0.2) is 0 Å². The van der Waals surface area contributed by atoms with Crippen LogP contribution in [-0.2, 0) is 6.42 Å². The molecule has 1 unspecified atom stereocenters. The fraction of sp³-hybridized carbons (Fsp3) is 0.348. The molecule has 0 saturated carbocycles. The number of thiophene rings is 1. The summed E-state index contributed by atoms with van der Waals surface area (Å²) in [7, 11) is 2.17. The van der Waals surface area contributed by atoms with Crippen LogP contribution in [0.2, 0.25) is 0 Å². The van der Waals surface area contributed by atoms with Crippen LogP contribution >= 0.6 is 11.3 Å². The molecule has 1 amide bonds. The molecule has 4 rings (SSSR count). The number of carbonyl (C=O) groups excluding carboxylic acids is 1. The number of benzene rings is 1. The van der Waals surface area contributed by atoms with Crippen molar-refractivity contribution in [3.8, 4) is 0 Å². The van der Waals surface area contributed by atoms with Gasteiger partial charge in [0.2, 0.25) is 0 Å². The fourth-order valence-electron chi connectivity index (χ4n) is 3.81. The van der Waals surface area contributed by atoms with Crippen LogP contribution in [0.3, 0.4) is 0 Å². The SMILES string of the molecule is CCc1cc(C(c2ccccc2)N2CCN(C)CC2)c(NC(=O)c2ccco2)s1. The molecule has 1 aromatic carbocycles. The highest BCUT2D eigenvalue weighted by atomic mass is 32.1. The van der Waals surface area contributed by atoms with Gasteiger partial charge in [-0.2, -0.15) is 0 Å². The Balaban J connectivity index is 1.71. The standard InChI is InChI=1S/C23H27N3O2S/c1-3-18-16-19(23(29-18)24-22(27)20-10-7-15-28-20)21(17-8-5-4-6-9-17)26-13-11-25(2)12-14-26/h4-10,15-16,21H,3,11-14H2,1-2H3,(H,24,27). The molecule has 0 bridgehead atoms. The lowest BCUT2D eigenvalue weighted by Gasteiger charge is -2.38. The summed E-state index contributed by atoms with van der Waals surface area (Å²) in [5.74, 6) is 0.129. The van der Waals surface area contributed by atoms with Crippen molar-refractivity contribution in [1.82, 2.24) is 9.80 Å². The monoisotopic (exact) mass is 409 g/mol. The minimum atomic E-state index is -0.203. The van der Waals surface area contributed by atoms with Crippen molar-refractivity contribution in [3.63, 3.8) is 0 Å². The highest BCUT2D eigenvalue weighted by molar-refractivity contribution is 7.16. The van der Waals surface area contributed by atoms with Crippen LogP contribution in [0.5, 0.6) is 0 Å². The number of piperazine rings is 1. The van der Waals surface area contributed by atoms with Crippen LogP contribution in [0.4, 0.5) is 5.00 Å². The maximum absolute atomic E-state index is 12.7. The smallest absolute Gasteiger partial charge is 0.291 e.